The van der Waals surface area contributed by atoms with Crippen LogP contribution in [0.25, 0.3) is 0 Å². The summed E-state index contributed by atoms with van der Waals surface area (Å²) in [4.78, 5) is 6.48. The largest absolute Gasteiger partial charge is 0.493 e. The van der Waals surface area contributed by atoms with Crippen molar-refractivity contribution in [2.45, 2.75) is 26.3 Å². The van der Waals surface area contributed by atoms with Crippen LogP contribution in [0.5, 0.6) is 5.75 Å². The maximum atomic E-state index is 6.11. The summed E-state index contributed by atoms with van der Waals surface area (Å²) >= 11 is 0. The predicted molar refractivity (Wildman–Crippen MR) is 122 cm³/mol. The van der Waals surface area contributed by atoms with Gasteiger partial charge in [-0.25, -0.2) is 0 Å². The minimum absolute atomic E-state index is 0. The second-order valence-electron chi connectivity index (χ2n) is 7.16. The summed E-state index contributed by atoms with van der Waals surface area (Å²) < 4.78 is 11.5. The lowest BCUT2D eigenvalue weighted by atomic mass is 10.1. The summed E-state index contributed by atoms with van der Waals surface area (Å²) in [6, 6.07) is 6.36. The topological polar surface area (TPSA) is 58.1 Å². The van der Waals surface area contributed by atoms with E-state index >= 15 is 0 Å². The molecule has 1 aromatic carbocycles. The van der Waals surface area contributed by atoms with Crippen molar-refractivity contribution in [2.75, 3.05) is 54.1 Å². The Morgan fingerprint density at radius 1 is 1.33 bits per heavy atom. The van der Waals surface area contributed by atoms with Gasteiger partial charge in [0.2, 0.25) is 0 Å². The van der Waals surface area contributed by atoms with Crippen LogP contribution in [0.1, 0.15) is 24.0 Å². The van der Waals surface area contributed by atoms with E-state index in [2.05, 4.69) is 59.7 Å². The van der Waals surface area contributed by atoms with E-state index in [1.807, 2.05) is 0 Å². The van der Waals surface area contributed by atoms with Gasteiger partial charge in [-0.3, -0.25) is 4.99 Å². The molecule has 1 aliphatic heterocycles. The van der Waals surface area contributed by atoms with Gasteiger partial charge in [0.15, 0.2) is 5.96 Å². The van der Waals surface area contributed by atoms with E-state index in [1.165, 1.54) is 5.56 Å². The van der Waals surface area contributed by atoms with E-state index in [1.54, 1.807) is 7.05 Å². The first kappa shape index (κ1) is 24.0. The van der Waals surface area contributed by atoms with E-state index in [-0.39, 0.29) is 24.0 Å². The van der Waals surface area contributed by atoms with Crippen molar-refractivity contribution < 1.29 is 9.47 Å². The Kier molecular flexibility index (Phi) is 11.7. The molecular weight excluding hydrogens is 455 g/mol. The third kappa shape index (κ3) is 9.12. The molecule has 1 aromatic rings. The van der Waals surface area contributed by atoms with Crippen LogP contribution in [0.3, 0.4) is 0 Å². The highest BCUT2D eigenvalue weighted by atomic mass is 127. The number of aryl methyl sites for hydroxylation is 1. The quantitative estimate of drug-likeness (QED) is 0.241. The van der Waals surface area contributed by atoms with Crippen LogP contribution in [-0.4, -0.2) is 64.9 Å². The SMILES string of the molecule is CN=C(NCCCN(C)C)NCc1ccc(C)cc1OCC1CCOC1.I. The van der Waals surface area contributed by atoms with Crippen LogP contribution < -0.4 is 15.4 Å². The first-order valence-corrected chi connectivity index (χ1v) is 9.48. The van der Waals surface area contributed by atoms with Crippen LogP contribution in [0.4, 0.5) is 0 Å². The molecule has 2 N–H and O–H groups in total. The zero-order chi connectivity index (χ0) is 18.8. The third-order valence-corrected chi connectivity index (χ3v) is 4.47. The summed E-state index contributed by atoms with van der Waals surface area (Å²) in [6.45, 7) is 7.11. The lowest BCUT2D eigenvalue weighted by Crippen LogP contribution is -2.38. The van der Waals surface area contributed by atoms with Crippen molar-refractivity contribution in [2.24, 2.45) is 10.9 Å². The maximum absolute atomic E-state index is 6.11. The predicted octanol–water partition coefficient (Wildman–Crippen LogP) is 2.65. The summed E-state index contributed by atoms with van der Waals surface area (Å²) in [6.07, 6.45) is 2.17. The minimum atomic E-state index is 0. The van der Waals surface area contributed by atoms with Crippen LogP contribution in [0.15, 0.2) is 23.2 Å². The smallest absolute Gasteiger partial charge is 0.191 e. The van der Waals surface area contributed by atoms with Crippen molar-refractivity contribution in [1.29, 1.82) is 0 Å². The maximum Gasteiger partial charge on any atom is 0.191 e. The molecule has 0 amide bonds. The van der Waals surface area contributed by atoms with Gasteiger partial charge in [-0.1, -0.05) is 12.1 Å². The fourth-order valence-corrected chi connectivity index (χ4v) is 2.87. The molecule has 0 bridgehead atoms. The van der Waals surface area contributed by atoms with Gasteiger partial charge in [-0.15, -0.1) is 24.0 Å². The van der Waals surface area contributed by atoms with E-state index in [0.717, 1.165) is 56.4 Å². The van der Waals surface area contributed by atoms with Crippen molar-refractivity contribution in [3.05, 3.63) is 29.3 Å². The summed E-state index contributed by atoms with van der Waals surface area (Å²) in [7, 11) is 5.97. The standard InChI is InChI=1S/C20H34N4O2.HI/c1-16-6-7-18(19(12-16)26-15-17-8-11-25-14-17)13-23-20(21-2)22-9-5-10-24(3)4;/h6-7,12,17H,5,8-11,13-15H2,1-4H3,(H2,21,22,23);1H. The number of rotatable bonds is 9. The highest BCUT2D eigenvalue weighted by molar-refractivity contribution is 14.0. The van der Waals surface area contributed by atoms with Gasteiger partial charge in [0.05, 0.1) is 13.2 Å². The second kappa shape index (κ2) is 13.2. The Hall–Kier alpha value is -1.06. The number of guanidine groups is 1. The average Bonchev–Trinajstić information content (AvgIpc) is 3.14. The Labute approximate surface area is 181 Å². The number of hydrogen-bond donors (Lipinski definition) is 2. The lowest BCUT2D eigenvalue weighted by molar-refractivity contribution is 0.166. The van der Waals surface area contributed by atoms with Gasteiger partial charge in [0.25, 0.3) is 0 Å². The molecule has 154 valence electrons. The van der Waals surface area contributed by atoms with Gasteiger partial charge in [0.1, 0.15) is 5.75 Å². The van der Waals surface area contributed by atoms with Crippen molar-refractivity contribution in [3.63, 3.8) is 0 Å². The zero-order valence-electron chi connectivity index (χ0n) is 17.1. The molecule has 1 unspecified atom stereocenters. The molecule has 7 heteroatoms. The first-order valence-electron chi connectivity index (χ1n) is 9.48. The second-order valence-corrected chi connectivity index (χ2v) is 7.16. The highest BCUT2D eigenvalue weighted by Crippen LogP contribution is 2.22. The number of aliphatic imine (C=N–C) groups is 1. The Balaban J connectivity index is 0.00000364. The molecule has 27 heavy (non-hydrogen) atoms. The van der Waals surface area contributed by atoms with E-state index in [0.29, 0.717) is 19.1 Å². The van der Waals surface area contributed by atoms with Gasteiger partial charge < -0.3 is 25.0 Å². The molecule has 0 spiro atoms. The van der Waals surface area contributed by atoms with Crippen LogP contribution in [0, 0.1) is 12.8 Å². The third-order valence-electron chi connectivity index (χ3n) is 4.47. The van der Waals surface area contributed by atoms with Crippen LogP contribution in [-0.2, 0) is 11.3 Å². The Morgan fingerprint density at radius 2 is 2.15 bits per heavy atom. The summed E-state index contributed by atoms with van der Waals surface area (Å²) in [5.41, 5.74) is 2.35. The first-order chi connectivity index (χ1) is 12.6. The number of halogens is 1. The Morgan fingerprint density at radius 3 is 2.81 bits per heavy atom. The molecule has 2 rings (SSSR count). The van der Waals surface area contributed by atoms with Gasteiger partial charge in [0, 0.05) is 38.2 Å². The zero-order valence-corrected chi connectivity index (χ0v) is 19.4. The van der Waals surface area contributed by atoms with Gasteiger partial charge in [-0.05, 0) is 52.0 Å². The van der Waals surface area contributed by atoms with E-state index in [4.69, 9.17) is 9.47 Å². The van der Waals surface area contributed by atoms with Gasteiger partial charge >= 0.3 is 0 Å². The summed E-state index contributed by atoms with van der Waals surface area (Å²) in [5, 5.41) is 6.74. The molecule has 1 saturated heterocycles. The van der Waals surface area contributed by atoms with Crippen molar-refractivity contribution in [3.8, 4) is 5.75 Å². The average molecular weight is 490 g/mol. The monoisotopic (exact) mass is 490 g/mol. The molecule has 0 radical (unpaired) electrons. The highest BCUT2D eigenvalue weighted by Gasteiger charge is 2.17. The molecule has 0 aliphatic carbocycles. The molecule has 0 saturated carbocycles. The molecule has 1 heterocycles. The fraction of sp³-hybridized carbons (Fsp3) is 0.650. The number of ether oxygens (including phenoxy) is 2. The number of nitrogens with one attached hydrogen (secondary N) is 2. The fourth-order valence-electron chi connectivity index (χ4n) is 2.87. The number of hydrogen-bond acceptors (Lipinski definition) is 4. The molecule has 0 aromatic heterocycles. The van der Waals surface area contributed by atoms with Crippen molar-refractivity contribution in [1.82, 2.24) is 15.5 Å². The van der Waals surface area contributed by atoms with E-state index < -0.39 is 0 Å². The summed E-state index contributed by atoms with van der Waals surface area (Å²) in [5.74, 6) is 2.27. The lowest BCUT2D eigenvalue weighted by Gasteiger charge is -2.17. The Bertz CT molecular complexity index is 575. The van der Waals surface area contributed by atoms with Crippen LogP contribution in [0.2, 0.25) is 0 Å². The van der Waals surface area contributed by atoms with Crippen LogP contribution >= 0.6 is 24.0 Å². The molecule has 1 atom stereocenters. The number of nitrogens with zero attached hydrogens (tertiary/aromatic N) is 2. The number of benzene rings is 1. The van der Waals surface area contributed by atoms with Gasteiger partial charge in [-0.2, -0.15) is 0 Å². The molecule has 1 fully saturated rings. The molecule has 1 aliphatic rings. The van der Waals surface area contributed by atoms with E-state index in [9.17, 15) is 0 Å². The molecule has 6 nitrogen and oxygen atoms in total. The minimum Gasteiger partial charge on any atom is -0.493 e. The normalized spacial score (nSPS) is 16.9. The van der Waals surface area contributed by atoms with Crippen molar-refractivity contribution >= 4 is 29.9 Å². The molecular formula is C20H35IN4O2.